The largest absolute Gasteiger partial charge is 0.497 e. The normalized spacial score (nSPS) is 10.4. The number of thiocarbonyl (C=S) groups is 1. The van der Waals surface area contributed by atoms with Crippen molar-refractivity contribution in [2.75, 3.05) is 31.2 Å². The van der Waals surface area contributed by atoms with Crippen molar-refractivity contribution >= 4 is 45.9 Å². The lowest BCUT2D eigenvalue weighted by Gasteiger charge is -2.20. The van der Waals surface area contributed by atoms with E-state index in [1.54, 1.807) is 7.11 Å². The fraction of sp³-hybridized carbons (Fsp3) is 0.375. The molecule has 0 spiro atoms. The van der Waals surface area contributed by atoms with Crippen LogP contribution in [-0.4, -0.2) is 44.4 Å². The summed E-state index contributed by atoms with van der Waals surface area (Å²) in [6.45, 7) is 5.92. The van der Waals surface area contributed by atoms with Crippen molar-refractivity contribution in [2.24, 2.45) is 0 Å². The summed E-state index contributed by atoms with van der Waals surface area (Å²) in [5.74, 6) is 2.49. The molecular formula is C16H22N6OS2. The summed E-state index contributed by atoms with van der Waals surface area (Å²) < 4.78 is 5.97. The third kappa shape index (κ3) is 5.71. The second-order valence-corrected chi connectivity index (χ2v) is 6.62. The third-order valence-corrected chi connectivity index (χ3v) is 4.91. The van der Waals surface area contributed by atoms with E-state index < -0.39 is 0 Å². The van der Waals surface area contributed by atoms with Gasteiger partial charge in [0.05, 0.1) is 12.9 Å². The number of anilines is 3. The number of aromatic nitrogens is 3. The van der Waals surface area contributed by atoms with Crippen molar-refractivity contribution in [3.63, 3.8) is 0 Å². The van der Waals surface area contributed by atoms with Crippen molar-refractivity contribution in [2.45, 2.75) is 19.6 Å². The van der Waals surface area contributed by atoms with E-state index in [4.69, 9.17) is 22.7 Å². The maximum Gasteiger partial charge on any atom is 0.232 e. The van der Waals surface area contributed by atoms with Crippen LogP contribution in [0.15, 0.2) is 24.3 Å². The first kappa shape index (κ1) is 19.2. The number of nitrogens with zero attached hydrogens (tertiary/aromatic N) is 4. The molecule has 7 nitrogen and oxygen atoms in total. The lowest BCUT2D eigenvalue weighted by Crippen LogP contribution is -2.26. The van der Waals surface area contributed by atoms with Crippen LogP contribution in [-0.2, 0) is 5.75 Å². The fourth-order valence-electron chi connectivity index (χ4n) is 2.06. The Hall–Kier alpha value is -2.13. The summed E-state index contributed by atoms with van der Waals surface area (Å²) in [6, 6.07) is 7.46. The molecule has 25 heavy (non-hydrogen) atoms. The molecule has 2 aromatic rings. The van der Waals surface area contributed by atoms with Crippen LogP contribution in [0.25, 0.3) is 0 Å². The summed E-state index contributed by atoms with van der Waals surface area (Å²) in [5.41, 5.74) is 6.64. The standard InChI is InChI=1S/C16H22N6OS2/c1-4-22(5-2)16(24)25-10-13-19-14(17)21-15(20-13)18-11-6-8-12(23-3)9-7-11/h6-9H,4-5,10H2,1-3H3,(H3,17,18,19,20,21). The Balaban J connectivity index is 2.04. The van der Waals surface area contributed by atoms with Crippen molar-refractivity contribution in [1.82, 2.24) is 19.9 Å². The Kier molecular flexibility index (Phi) is 7.20. The molecule has 0 aliphatic carbocycles. The molecule has 2 rings (SSSR count). The zero-order chi connectivity index (χ0) is 18.2. The maximum atomic E-state index is 5.80. The summed E-state index contributed by atoms with van der Waals surface area (Å²) in [7, 11) is 1.63. The fourth-order valence-corrected chi connectivity index (χ4v) is 3.32. The smallest absolute Gasteiger partial charge is 0.232 e. The van der Waals surface area contributed by atoms with Crippen LogP contribution >= 0.6 is 24.0 Å². The molecule has 1 heterocycles. The number of thioether (sulfide) groups is 1. The van der Waals surface area contributed by atoms with Gasteiger partial charge < -0.3 is 20.7 Å². The van der Waals surface area contributed by atoms with Gasteiger partial charge in [-0.25, -0.2) is 0 Å². The van der Waals surface area contributed by atoms with Crippen molar-refractivity contribution < 1.29 is 4.74 Å². The first-order chi connectivity index (χ1) is 12.0. The molecule has 1 aromatic heterocycles. The first-order valence-electron chi connectivity index (χ1n) is 7.88. The average molecular weight is 379 g/mol. The third-order valence-electron chi connectivity index (χ3n) is 3.39. The molecule has 134 valence electrons. The van der Waals surface area contributed by atoms with Gasteiger partial charge in [-0.1, -0.05) is 24.0 Å². The number of benzene rings is 1. The molecule has 0 atom stereocenters. The number of nitrogens with two attached hydrogens (primary N) is 1. The van der Waals surface area contributed by atoms with Crippen LogP contribution in [0.4, 0.5) is 17.6 Å². The summed E-state index contributed by atoms with van der Waals surface area (Å²) in [5, 5.41) is 3.12. The van der Waals surface area contributed by atoms with Crippen LogP contribution in [0, 0.1) is 0 Å². The highest BCUT2D eigenvalue weighted by atomic mass is 32.2. The van der Waals surface area contributed by atoms with Gasteiger partial charge in [0.2, 0.25) is 11.9 Å². The number of hydrogen-bond donors (Lipinski definition) is 2. The molecule has 0 aliphatic rings. The molecule has 3 N–H and O–H groups in total. The molecule has 9 heteroatoms. The van der Waals surface area contributed by atoms with E-state index in [0.717, 1.165) is 28.8 Å². The molecule has 1 aromatic carbocycles. The Bertz CT molecular complexity index is 706. The van der Waals surface area contributed by atoms with Gasteiger partial charge in [-0.05, 0) is 38.1 Å². The van der Waals surface area contributed by atoms with Crippen molar-refractivity contribution in [3.8, 4) is 5.75 Å². The molecule has 0 aliphatic heterocycles. The van der Waals surface area contributed by atoms with Gasteiger partial charge in [0.25, 0.3) is 0 Å². The average Bonchev–Trinajstić information content (AvgIpc) is 2.61. The molecule has 0 bridgehead atoms. The first-order valence-corrected chi connectivity index (χ1v) is 9.28. The minimum atomic E-state index is 0.176. The van der Waals surface area contributed by atoms with E-state index in [2.05, 4.69) is 39.0 Å². The van der Waals surface area contributed by atoms with Gasteiger partial charge in [-0.15, -0.1) is 0 Å². The van der Waals surface area contributed by atoms with Gasteiger partial charge in [0, 0.05) is 18.8 Å². The van der Waals surface area contributed by atoms with Gasteiger partial charge in [-0.2, -0.15) is 15.0 Å². The molecule has 0 unspecified atom stereocenters. The minimum absolute atomic E-state index is 0.176. The Morgan fingerprint density at radius 3 is 2.48 bits per heavy atom. The van der Waals surface area contributed by atoms with Gasteiger partial charge in [0.1, 0.15) is 15.9 Å². The van der Waals surface area contributed by atoms with Crippen LogP contribution in [0.1, 0.15) is 19.7 Å². The highest BCUT2D eigenvalue weighted by molar-refractivity contribution is 8.22. The summed E-state index contributed by atoms with van der Waals surface area (Å²) >= 11 is 6.95. The number of methoxy groups -OCH3 is 1. The van der Waals surface area contributed by atoms with E-state index in [1.165, 1.54) is 11.8 Å². The monoisotopic (exact) mass is 378 g/mol. The van der Waals surface area contributed by atoms with E-state index in [1.807, 2.05) is 24.3 Å². The maximum absolute atomic E-state index is 5.80. The highest BCUT2D eigenvalue weighted by Crippen LogP contribution is 2.19. The predicted molar refractivity (Wildman–Crippen MR) is 107 cm³/mol. The Morgan fingerprint density at radius 2 is 1.88 bits per heavy atom. The quantitative estimate of drug-likeness (QED) is 0.705. The highest BCUT2D eigenvalue weighted by Gasteiger charge is 2.10. The van der Waals surface area contributed by atoms with E-state index in [0.29, 0.717) is 17.5 Å². The zero-order valence-corrected chi connectivity index (χ0v) is 16.2. The van der Waals surface area contributed by atoms with Gasteiger partial charge in [-0.3, -0.25) is 0 Å². The topological polar surface area (TPSA) is 89.2 Å². The van der Waals surface area contributed by atoms with Crippen molar-refractivity contribution in [1.29, 1.82) is 0 Å². The van der Waals surface area contributed by atoms with Gasteiger partial charge >= 0.3 is 0 Å². The van der Waals surface area contributed by atoms with Gasteiger partial charge in [0.15, 0.2) is 0 Å². The van der Waals surface area contributed by atoms with Crippen LogP contribution in [0.2, 0.25) is 0 Å². The number of rotatable bonds is 7. The Morgan fingerprint density at radius 1 is 1.20 bits per heavy atom. The van der Waals surface area contributed by atoms with Crippen LogP contribution in [0.5, 0.6) is 5.75 Å². The molecule has 0 saturated carbocycles. The lowest BCUT2D eigenvalue weighted by molar-refractivity contribution is 0.415. The molecule has 0 amide bonds. The predicted octanol–water partition coefficient (Wildman–Crippen LogP) is 3.07. The second kappa shape index (κ2) is 9.38. The summed E-state index contributed by atoms with van der Waals surface area (Å²) in [4.78, 5) is 14.8. The van der Waals surface area contributed by atoms with E-state index >= 15 is 0 Å². The van der Waals surface area contributed by atoms with Crippen LogP contribution < -0.4 is 15.8 Å². The van der Waals surface area contributed by atoms with E-state index in [9.17, 15) is 0 Å². The zero-order valence-electron chi connectivity index (χ0n) is 14.5. The second-order valence-electron chi connectivity index (χ2n) is 5.01. The SMILES string of the molecule is CCN(CC)C(=S)SCc1nc(N)nc(Nc2ccc(OC)cc2)n1. The minimum Gasteiger partial charge on any atom is -0.497 e. The van der Waals surface area contributed by atoms with E-state index in [-0.39, 0.29) is 5.95 Å². The molecule has 0 fully saturated rings. The molecular weight excluding hydrogens is 356 g/mol. The number of nitrogens with one attached hydrogen (secondary N) is 1. The van der Waals surface area contributed by atoms with Crippen molar-refractivity contribution in [3.05, 3.63) is 30.1 Å². The molecule has 0 saturated heterocycles. The Labute approximate surface area is 157 Å². The lowest BCUT2D eigenvalue weighted by atomic mass is 10.3. The number of nitrogen functional groups attached to an aromatic ring is 1. The number of hydrogen-bond acceptors (Lipinski definition) is 8. The van der Waals surface area contributed by atoms with Crippen LogP contribution in [0.3, 0.4) is 0 Å². The molecule has 0 radical (unpaired) electrons. The number of ether oxygens (including phenoxy) is 1. The summed E-state index contributed by atoms with van der Waals surface area (Å²) in [6.07, 6.45) is 0.